The van der Waals surface area contributed by atoms with E-state index < -0.39 is 0 Å². The lowest BCUT2D eigenvalue weighted by molar-refractivity contribution is 0.950. The van der Waals surface area contributed by atoms with Gasteiger partial charge in [-0.2, -0.15) is 0 Å². The van der Waals surface area contributed by atoms with E-state index in [-0.39, 0.29) is 0 Å². The second-order valence-corrected chi connectivity index (χ2v) is 2.41. The first-order valence-corrected chi connectivity index (χ1v) is 3.79. The number of hydrogen-bond donors (Lipinski definition) is 1. The summed E-state index contributed by atoms with van der Waals surface area (Å²) in [6.45, 7) is 7.34. The fraction of sp³-hybridized carbons (Fsp3) is 0.200. The zero-order valence-corrected chi connectivity index (χ0v) is 6.64. The lowest BCUT2D eigenvalue weighted by Gasteiger charge is -2.12. The van der Waals surface area contributed by atoms with Crippen molar-refractivity contribution in [2.75, 3.05) is 0 Å². The molecule has 0 spiro atoms. The zero-order chi connectivity index (χ0) is 8.10. The Kier molecular flexibility index (Phi) is 2.73. The van der Waals surface area contributed by atoms with Crippen LogP contribution in [-0.2, 0) is 0 Å². The third-order valence-corrected chi connectivity index (χ3v) is 1.67. The SMILES string of the molecule is C=CNC1=CCCC=C1C=C. The minimum atomic E-state index is 1.10. The molecule has 1 N–H and O–H groups in total. The predicted molar refractivity (Wildman–Crippen MR) is 48.9 cm³/mol. The third kappa shape index (κ3) is 1.84. The van der Waals surface area contributed by atoms with E-state index in [9.17, 15) is 0 Å². The highest BCUT2D eigenvalue weighted by molar-refractivity contribution is 5.40. The van der Waals surface area contributed by atoms with Gasteiger partial charge in [0.2, 0.25) is 0 Å². The molecule has 0 saturated carbocycles. The summed E-state index contributed by atoms with van der Waals surface area (Å²) in [6.07, 6.45) is 10.1. The molecule has 11 heavy (non-hydrogen) atoms. The molecule has 0 atom stereocenters. The zero-order valence-electron chi connectivity index (χ0n) is 6.64. The van der Waals surface area contributed by atoms with Gasteiger partial charge in [0.1, 0.15) is 0 Å². The quantitative estimate of drug-likeness (QED) is 0.646. The lowest BCUT2D eigenvalue weighted by atomic mass is 10.0. The Bertz CT molecular complexity index is 221. The first-order chi connectivity index (χ1) is 5.38. The summed E-state index contributed by atoms with van der Waals surface area (Å²) in [5.74, 6) is 0. The standard InChI is InChI=1S/C10H13N/c1-3-9-7-5-6-8-10(9)11-4-2/h3-4,7-8,11H,1-2,5-6H2. The van der Waals surface area contributed by atoms with Gasteiger partial charge in [-0.3, -0.25) is 0 Å². The number of hydrogen-bond acceptors (Lipinski definition) is 1. The van der Waals surface area contributed by atoms with Crippen LogP contribution in [0.3, 0.4) is 0 Å². The molecule has 0 heterocycles. The summed E-state index contributed by atoms with van der Waals surface area (Å²) in [4.78, 5) is 0. The van der Waals surface area contributed by atoms with Crippen molar-refractivity contribution in [3.63, 3.8) is 0 Å². The van der Waals surface area contributed by atoms with Crippen molar-refractivity contribution < 1.29 is 0 Å². The minimum Gasteiger partial charge on any atom is -0.362 e. The van der Waals surface area contributed by atoms with Crippen molar-refractivity contribution in [1.82, 2.24) is 5.32 Å². The molecule has 58 valence electrons. The molecule has 0 aromatic heterocycles. The monoisotopic (exact) mass is 147 g/mol. The van der Waals surface area contributed by atoms with Gasteiger partial charge in [-0.05, 0) is 24.6 Å². The molecule has 1 aliphatic carbocycles. The van der Waals surface area contributed by atoms with E-state index >= 15 is 0 Å². The molecule has 1 heteroatoms. The van der Waals surface area contributed by atoms with E-state index in [2.05, 4.69) is 30.6 Å². The van der Waals surface area contributed by atoms with Gasteiger partial charge in [0.05, 0.1) is 0 Å². The van der Waals surface area contributed by atoms with Crippen molar-refractivity contribution in [2.45, 2.75) is 12.8 Å². The van der Waals surface area contributed by atoms with Crippen LogP contribution in [0.2, 0.25) is 0 Å². The molecule has 0 bridgehead atoms. The molecule has 0 fully saturated rings. The van der Waals surface area contributed by atoms with Gasteiger partial charge in [0.25, 0.3) is 0 Å². The molecule has 0 radical (unpaired) electrons. The van der Waals surface area contributed by atoms with E-state index in [1.165, 1.54) is 5.57 Å². The summed E-state index contributed by atoms with van der Waals surface area (Å²) < 4.78 is 0. The lowest BCUT2D eigenvalue weighted by Crippen LogP contribution is -2.07. The van der Waals surface area contributed by atoms with Gasteiger partial charge in [-0.25, -0.2) is 0 Å². The van der Waals surface area contributed by atoms with Crippen LogP contribution in [0.15, 0.2) is 48.9 Å². The van der Waals surface area contributed by atoms with Gasteiger partial charge in [0.15, 0.2) is 0 Å². The Morgan fingerprint density at radius 3 is 2.64 bits per heavy atom. The molecular weight excluding hydrogens is 134 g/mol. The van der Waals surface area contributed by atoms with Crippen LogP contribution in [0.5, 0.6) is 0 Å². The van der Waals surface area contributed by atoms with Crippen LogP contribution < -0.4 is 5.32 Å². The third-order valence-electron chi connectivity index (χ3n) is 1.67. The molecule has 0 aliphatic heterocycles. The molecule has 0 aromatic carbocycles. The first-order valence-electron chi connectivity index (χ1n) is 3.79. The van der Waals surface area contributed by atoms with Crippen molar-refractivity contribution in [3.05, 3.63) is 48.9 Å². The average molecular weight is 147 g/mol. The van der Waals surface area contributed by atoms with Crippen molar-refractivity contribution >= 4 is 0 Å². The maximum atomic E-state index is 3.73. The Morgan fingerprint density at radius 1 is 1.27 bits per heavy atom. The molecule has 0 saturated heterocycles. The van der Waals surface area contributed by atoms with E-state index in [1.807, 2.05) is 6.08 Å². The average Bonchev–Trinajstić information content (AvgIpc) is 2.06. The van der Waals surface area contributed by atoms with Crippen LogP contribution in [-0.4, -0.2) is 0 Å². The molecular formula is C10H13N. The van der Waals surface area contributed by atoms with Crippen molar-refractivity contribution in [2.24, 2.45) is 0 Å². The van der Waals surface area contributed by atoms with E-state index in [4.69, 9.17) is 0 Å². The number of allylic oxidation sites excluding steroid dienone is 3. The molecule has 0 amide bonds. The Balaban J connectivity index is 2.74. The summed E-state index contributed by atoms with van der Waals surface area (Å²) in [5.41, 5.74) is 2.30. The normalized spacial score (nSPS) is 16.4. The Morgan fingerprint density at radius 2 is 2.00 bits per heavy atom. The van der Waals surface area contributed by atoms with Gasteiger partial charge in [0, 0.05) is 5.70 Å². The van der Waals surface area contributed by atoms with Gasteiger partial charge < -0.3 is 5.32 Å². The minimum absolute atomic E-state index is 1.10. The fourth-order valence-corrected chi connectivity index (χ4v) is 1.14. The van der Waals surface area contributed by atoms with Crippen molar-refractivity contribution in [1.29, 1.82) is 0 Å². The summed E-state index contributed by atoms with van der Waals surface area (Å²) >= 11 is 0. The van der Waals surface area contributed by atoms with Crippen LogP contribution in [0.1, 0.15) is 12.8 Å². The second-order valence-electron chi connectivity index (χ2n) is 2.41. The fourth-order valence-electron chi connectivity index (χ4n) is 1.14. The number of nitrogens with one attached hydrogen (secondary N) is 1. The molecule has 0 unspecified atom stereocenters. The van der Waals surface area contributed by atoms with Gasteiger partial charge in [-0.1, -0.05) is 31.4 Å². The van der Waals surface area contributed by atoms with E-state index in [1.54, 1.807) is 6.20 Å². The highest BCUT2D eigenvalue weighted by Crippen LogP contribution is 2.16. The molecule has 1 rings (SSSR count). The topological polar surface area (TPSA) is 12.0 Å². The van der Waals surface area contributed by atoms with E-state index in [0.29, 0.717) is 0 Å². The molecule has 0 aromatic rings. The highest BCUT2D eigenvalue weighted by atomic mass is 14.8. The van der Waals surface area contributed by atoms with Crippen LogP contribution in [0.25, 0.3) is 0 Å². The van der Waals surface area contributed by atoms with Gasteiger partial charge in [-0.15, -0.1) is 0 Å². The number of rotatable bonds is 3. The Labute approximate surface area is 67.8 Å². The first kappa shape index (κ1) is 7.86. The largest absolute Gasteiger partial charge is 0.362 e. The molecule has 1 aliphatic rings. The smallest absolute Gasteiger partial charge is 0.0409 e. The van der Waals surface area contributed by atoms with Crippen LogP contribution >= 0.6 is 0 Å². The van der Waals surface area contributed by atoms with E-state index in [0.717, 1.165) is 18.5 Å². The highest BCUT2D eigenvalue weighted by Gasteiger charge is 2.02. The summed E-state index contributed by atoms with van der Waals surface area (Å²) in [6, 6.07) is 0. The second kappa shape index (κ2) is 3.81. The summed E-state index contributed by atoms with van der Waals surface area (Å²) in [5, 5.41) is 3.07. The predicted octanol–water partition coefficient (Wildman–Crippen LogP) is 2.51. The van der Waals surface area contributed by atoms with Crippen molar-refractivity contribution in [3.8, 4) is 0 Å². The summed E-state index contributed by atoms with van der Waals surface area (Å²) in [7, 11) is 0. The maximum Gasteiger partial charge on any atom is 0.0409 e. The maximum absolute atomic E-state index is 3.73. The van der Waals surface area contributed by atoms with Crippen LogP contribution in [0.4, 0.5) is 0 Å². The van der Waals surface area contributed by atoms with Crippen LogP contribution in [0, 0.1) is 0 Å². The molecule has 1 nitrogen and oxygen atoms in total. The van der Waals surface area contributed by atoms with Gasteiger partial charge >= 0.3 is 0 Å². The Hall–Kier alpha value is -1.24.